The van der Waals surface area contributed by atoms with Crippen molar-refractivity contribution in [3.63, 3.8) is 0 Å². The molecule has 4 nitrogen and oxygen atoms in total. The van der Waals surface area contributed by atoms with Crippen molar-refractivity contribution in [3.8, 4) is 0 Å². The van der Waals surface area contributed by atoms with Crippen LogP contribution >= 0.6 is 0 Å². The second kappa shape index (κ2) is 4.97. The highest BCUT2D eigenvalue weighted by molar-refractivity contribution is 5.80. The molecule has 0 aliphatic heterocycles. The standard InChI is InChI=1S/C18H27NO3/c20-15(12-1-3-13-11-14(13)4-2-12)19-18-8-5-17(6-9-18,7-10-18)16(21)22/h12-14H,1-11H2,(H,19,20)(H,21,22). The minimum absolute atomic E-state index is 0.0937. The van der Waals surface area contributed by atoms with Crippen molar-refractivity contribution in [1.82, 2.24) is 5.32 Å². The number of nitrogens with one attached hydrogen (secondary N) is 1. The van der Waals surface area contributed by atoms with Crippen LogP contribution in [0.3, 0.4) is 0 Å². The smallest absolute Gasteiger partial charge is 0.309 e. The minimum atomic E-state index is -0.630. The van der Waals surface area contributed by atoms with Gasteiger partial charge in [0.2, 0.25) is 5.91 Å². The molecule has 2 unspecified atom stereocenters. The molecule has 2 atom stereocenters. The molecule has 0 aromatic heterocycles. The maximum atomic E-state index is 12.7. The van der Waals surface area contributed by atoms with Gasteiger partial charge in [-0.05, 0) is 82.5 Å². The van der Waals surface area contributed by atoms with Crippen LogP contribution in [-0.4, -0.2) is 22.5 Å². The Balaban J connectivity index is 1.37. The number of hydrogen-bond acceptors (Lipinski definition) is 2. The summed E-state index contributed by atoms with van der Waals surface area (Å²) in [5.74, 6) is 1.66. The van der Waals surface area contributed by atoms with Crippen molar-refractivity contribution in [2.75, 3.05) is 0 Å². The van der Waals surface area contributed by atoms with Gasteiger partial charge in [-0.25, -0.2) is 0 Å². The van der Waals surface area contributed by atoms with Crippen LogP contribution in [0.25, 0.3) is 0 Å². The molecule has 0 heterocycles. The van der Waals surface area contributed by atoms with Gasteiger partial charge >= 0.3 is 5.97 Å². The molecule has 0 radical (unpaired) electrons. The summed E-state index contributed by atoms with van der Waals surface area (Å²) in [6.45, 7) is 0. The number of hydrogen-bond donors (Lipinski definition) is 2. The number of carboxylic acid groups (broad SMARTS) is 1. The Morgan fingerprint density at radius 3 is 1.91 bits per heavy atom. The van der Waals surface area contributed by atoms with Crippen molar-refractivity contribution in [2.45, 2.75) is 76.2 Å². The highest BCUT2D eigenvalue weighted by Crippen LogP contribution is 2.53. The molecule has 0 aromatic carbocycles. The molecule has 22 heavy (non-hydrogen) atoms. The number of fused-ring (bicyclic) bond motifs is 4. The van der Waals surface area contributed by atoms with Gasteiger partial charge in [0.25, 0.3) is 0 Å². The van der Waals surface area contributed by atoms with Crippen molar-refractivity contribution in [3.05, 3.63) is 0 Å². The Morgan fingerprint density at radius 2 is 1.41 bits per heavy atom. The topological polar surface area (TPSA) is 66.4 Å². The van der Waals surface area contributed by atoms with Crippen molar-refractivity contribution >= 4 is 11.9 Å². The second-order valence-electron chi connectivity index (χ2n) is 8.46. The van der Waals surface area contributed by atoms with E-state index >= 15 is 0 Å². The quantitative estimate of drug-likeness (QED) is 0.842. The fraction of sp³-hybridized carbons (Fsp3) is 0.889. The molecule has 0 spiro atoms. The molecule has 5 aliphatic rings. The van der Waals surface area contributed by atoms with Crippen LogP contribution in [0.4, 0.5) is 0 Å². The van der Waals surface area contributed by atoms with Crippen molar-refractivity contribution in [1.29, 1.82) is 0 Å². The summed E-state index contributed by atoms with van der Waals surface area (Å²) in [5.41, 5.74) is -0.584. The summed E-state index contributed by atoms with van der Waals surface area (Å²) < 4.78 is 0. The van der Waals surface area contributed by atoms with Gasteiger partial charge in [-0.1, -0.05) is 0 Å². The number of carbonyl (C=O) groups excluding carboxylic acids is 1. The zero-order valence-corrected chi connectivity index (χ0v) is 13.3. The molecule has 0 aromatic rings. The molecule has 5 saturated carbocycles. The molecule has 2 bridgehead atoms. The summed E-state index contributed by atoms with van der Waals surface area (Å²) >= 11 is 0. The fourth-order valence-electron chi connectivity index (χ4n) is 5.31. The van der Waals surface area contributed by atoms with Gasteiger partial charge in [0.05, 0.1) is 5.41 Å². The molecule has 0 saturated heterocycles. The van der Waals surface area contributed by atoms with E-state index in [2.05, 4.69) is 5.32 Å². The van der Waals surface area contributed by atoms with Gasteiger partial charge in [-0.3, -0.25) is 9.59 Å². The Bertz CT molecular complexity index is 464. The first-order valence-corrected chi connectivity index (χ1v) is 9.07. The average molecular weight is 305 g/mol. The Labute approximate surface area is 132 Å². The second-order valence-corrected chi connectivity index (χ2v) is 8.46. The van der Waals surface area contributed by atoms with Gasteiger partial charge in [-0.2, -0.15) is 0 Å². The highest BCUT2D eigenvalue weighted by Gasteiger charge is 2.53. The lowest BCUT2D eigenvalue weighted by atomic mass is 9.57. The van der Waals surface area contributed by atoms with Crippen LogP contribution in [0.15, 0.2) is 0 Å². The lowest BCUT2D eigenvalue weighted by Gasteiger charge is -2.51. The van der Waals surface area contributed by atoms with Crippen LogP contribution in [0, 0.1) is 23.2 Å². The summed E-state index contributed by atoms with van der Waals surface area (Å²) in [6.07, 6.45) is 10.7. The SMILES string of the molecule is O=C(NC12CCC(C(=O)O)(CC1)CC2)C1CCC2CC2CC1. The first-order chi connectivity index (χ1) is 10.5. The normalized spacial score (nSPS) is 46.5. The predicted molar refractivity (Wildman–Crippen MR) is 82.2 cm³/mol. The van der Waals surface area contributed by atoms with E-state index in [1.165, 1.54) is 19.3 Å². The first kappa shape index (κ1) is 14.5. The van der Waals surface area contributed by atoms with Gasteiger partial charge in [-0.15, -0.1) is 0 Å². The monoisotopic (exact) mass is 305 g/mol. The maximum absolute atomic E-state index is 12.7. The molecule has 5 fully saturated rings. The minimum Gasteiger partial charge on any atom is -0.481 e. The zero-order chi connectivity index (χ0) is 15.4. The van der Waals surface area contributed by atoms with E-state index in [1.807, 2.05) is 0 Å². The summed E-state index contributed by atoms with van der Waals surface area (Å²) in [7, 11) is 0. The Morgan fingerprint density at radius 1 is 0.864 bits per heavy atom. The molecule has 5 rings (SSSR count). The van der Waals surface area contributed by atoms with E-state index in [0.29, 0.717) is 0 Å². The van der Waals surface area contributed by atoms with E-state index in [-0.39, 0.29) is 17.4 Å². The number of carboxylic acids is 1. The molecule has 2 N–H and O–H groups in total. The van der Waals surface area contributed by atoms with E-state index in [9.17, 15) is 14.7 Å². The molecule has 1 amide bonds. The largest absolute Gasteiger partial charge is 0.481 e. The first-order valence-electron chi connectivity index (χ1n) is 9.07. The van der Waals surface area contributed by atoms with E-state index in [1.54, 1.807) is 0 Å². The predicted octanol–water partition coefficient (Wildman–Crippen LogP) is 3.11. The fourth-order valence-corrected chi connectivity index (χ4v) is 5.31. The highest BCUT2D eigenvalue weighted by atomic mass is 16.4. The van der Waals surface area contributed by atoms with E-state index < -0.39 is 11.4 Å². The number of rotatable bonds is 3. The Kier molecular flexibility index (Phi) is 3.28. The summed E-state index contributed by atoms with van der Waals surface area (Å²) in [5, 5.41) is 12.8. The third kappa shape index (κ3) is 2.35. The third-order valence-corrected chi connectivity index (χ3v) is 7.30. The number of carbonyl (C=O) groups is 2. The molecular formula is C18H27NO3. The molecule has 122 valence electrons. The van der Waals surface area contributed by atoms with Crippen LogP contribution in [0.5, 0.6) is 0 Å². The van der Waals surface area contributed by atoms with Gasteiger partial charge < -0.3 is 10.4 Å². The van der Waals surface area contributed by atoms with Crippen molar-refractivity contribution in [2.24, 2.45) is 23.2 Å². The van der Waals surface area contributed by atoms with Gasteiger partial charge in [0, 0.05) is 11.5 Å². The van der Waals surface area contributed by atoms with Crippen LogP contribution in [0.1, 0.15) is 70.6 Å². The number of amides is 1. The molecule has 4 heteroatoms. The van der Waals surface area contributed by atoms with E-state index in [0.717, 1.165) is 63.2 Å². The summed E-state index contributed by atoms with van der Waals surface area (Å²) in [6, 6.07) is 0. The average Bonchev–Trinajstić information content (AvgIpc) is 3.27. The number of aliphatic carboxylic acids is 1. The lowest BCUT2D eigenvalue weighted by molar-refractivity contribution is -0.157. The maximum Gasteiger partial charge on any atom is 0.309 e. The summed E-state index contributed by atoms with van der Waals surface area (Å²) in [4.78, 5) is 24.2. The van der Waals surface area contributed by atoms with E-state index in [4.69, 9.17) is 0 Å². The lowest BCUT2D eigenvalue weighted by Crippen LogP contribution is -2.59. The molecular weight excluding hydrogens is 278 g/mol. The van der Waals surface area contributed by atoms with Crippen LogP contribution in [-0.2, 0) is 9.59 Å². The van der Waals surface area contributed by atoms with Crippen molar-refractivity contribution < 1.29 is 14.7 Å². The van der Waals surface area contributed by atoms with Gasteiger partial charge in [0.15, 0.2) is 0 Å². The third-order valence-electron chi connectivity index (χ3n) is 7.30. The van der Waals surface area contributed by atoms with Crippen LogP contribution in [0.2, 0.25) is 0 Å². The van der Waals surface area contributed by atoms with Crippen LogP contribution < -0.4 is 5.32 Å². The van der Waals surface area contributed by atoms with Gasteiger partial charge in [0.1, 0.15) is 0 Å². The Hall–Kier alpha value is -1.06. The molecule has 5 aliphatic carbocycles. The zero-order valence-electron chi connectivity index (χ0n) is 13.3.